The molecule has 0 aliphatic heterocycles. The molecule has 106 valence electrons. The number of hydrogen-bond donors (Lipinski definition) is 1. The van der Waals surface area contributed by atoms with E-state index >= 15 is 0 Å². The molecule has 0 atom stereocenters. The van der Waals surface area contributed by atoms with Crippen LogP contribution in [0.25, 0.3) is 0 Å². The lowest BCUT2D eigenvalue weighted by atomic mass is 9.96. The normalized spacial score (nSPS) is 11.6. The molecule has 1 heterocycles. The average molecular weight is 292 g/mol. The molecule has 1 aromatic heterocycles. The number of aromatic carboxylic acids is 1. The molecule has 0 amide bonds. The quantitative estimate of drug-likeness (QED) is 0.871. The monoisotopic (exact) mass is 292 g/mol. The second-order valence-electron chi connectivity index (χ2n) is 5.38. The van der Waals surface area contributed by atoms with Crippen molar-refractivity contribution in [3.05, 3.63) is 41.5 Å². The van der Waals surface area contributed by atoms with Crippen LogP contribution in [0.3, 0.4) is 0 Å². The van der Waals surface area contributed by atoms with Crippen molar-refractivity contribution in [2.75, 3.05) is 0 Å². The molecule has 0 aliphatic rings. The fraction of sp³-hybridized carbons (Fsp3) is 0.357. The number of aromatic nitrogens is 2. The maximum absolute atomic E-state index is 10.9. The van der Waals surface area contributed by atoms with Gasteiger partial charge in [-0.15, -0.1) is 11.8 Å². The van der Waals surface area contributed by atoms with Gasteiger partial charge in [-0.3, -0.25) is 0 Å². The highest BCUT2D eigenvalue weighted by atomic mass is 32.2. The summed E-state index contributed by atoms with van der Waals surface area (Å²) in [6.45, 7) is 6.06. The van der Waals surface area contributed by atoms with Crippen molar-refractivity contribution >= 4 is 17.7 Å². The predicted octanol–water partition coefficient (Wildman–Crippen LogP) is 3.36. The Kier molecular flexibility index (Phi) is 4.13. The summed E-state index contributed by atoms with van der Waals surface area (Å²) < 4.78 is 5.19. The molecule has 0 fully saturated rings. The Morgan fingerprint density at radius 2 is 2.15 bits per heavy atom. The minimum absolute atomic E-state index is 0.143. The van der Waals surface area contributed by atoms with Crippen molar-refractivity contribution in [2.45, 2.75) is 36.8 Å². The van der Waals surface area contributed by atoms with Gasteiger partial charge in [0, 0.05) is 10.3 Å². The van der Waals surface area contributed by atoms with Crippen molar-refractivity contribution in [1.82, 2.24) is 10.1 Å². The van der Waals surface area contributed by atoms with E-state index in [-0.39, 0.29) is 11.0 Å². The van der Waals surface area contributed by atoms with Crippen LogP contribution >= 0.6 is 11.8 Å². The van der Waals surface area contributed by atoms with Crippen LogP contribution in [0.1, 0.15) is 42.8 Å². The maximum atomic E-state index is 10.9. The number of carboxylic acid groups (broad SMARTS) is 1. The van der Waals surface area contributed by atoms with E-state index in [1.807, 2.05) is 26.8 Å². The second-order valence-corrected chi connectivity index (χ2v) is 6.43. The zero-order chi connectivity index (χ0) is 14.8. The van der Waals surface area contributed by atoms with Gasteiger partial charge in [0.25, 0.3) is 0 Å². The third kappa shape index (κ3) is 3.60. The summed E-state index contributed by atoms with van der Waals surface area (Å²) in [4.78, 5) is 16.1. The van der Waals surface area contributed by atoms with Crippen LogP contribution in [-0.4, -0.2) is 21.2 Å². The fourth-order valence-corrected chi connectivity index (χ4v) is 2.27. The smallest absolute Gasteiger partial charge is 0.335 e. The van der Waals surface area contributed by atoms with E-state index in [1.54, 1.807) is 18.2 Å². The number of rotatable bonds is 4. The molecule has 2 aromatic rings. The number of carboxylic acids is 1. The molecular weight excluding hydrogens is 276 g/mol. The van der Waals surface area contributed by atoms with Crippen LogP contribution < -0.4 is 0 Å². The van der Waals surface area contributed by atoms with Crippen molar-refractivity contribution in [1.29, 1.82) is 0 Å². The maximum Gasteiger partial charge on any atom is 0.335 e. The molecule has 5 nitrogen and oxygen atoms in total. The fourth-order valence-electron chi connectivity index (χ4n) is 1.48. The van der Waals surface area contributed by atoms with Crippen molar-refractivity contribution in [2.24, 2.45) is 0 Å². The first-order chi connectivity index (χ1) is 9.36. The van der Waals surface area contributed by atoms with E-state index in [9.17, 15) is 4.79 Å². The van der Waals surface area contributed by atoms with Crippen molar-refractivity contribution in [3.8, 4) is 0 Å². The minimum Gasteiger partial charge on any atom is -0.478 e. The van der Waals surface area contributed by atoms with Gasteiger partial charge in [0.05, 0.1) is 11.3 Å². The van der Waals surface area contributed by atoms with E-state index in [1.165, 1.54) is 11.8 Å². The summed E-state index contributed by atoms with van der Waals surface area (Å²) in [5, 5.41) is 12.9. The van der Waals surface area contributed by atoms with Gasteiger partial charge < -0.3 is 9.63 Å². The van der Waals surface area contributed by atoms with Gasteiger partial charge >= 0.3 is 5.97 Å². The molecule has 6 heteroatoms. The Morgan fingerprint density at radius 1 is 1.40 bits per heavy atom. The molecule has 0 aliphatic carbocycles. The van der Waals surface area contributed by atoms with Crippen LogP contribution in [0.4, 0.5) is 0 Å². The standard InChI is InChI=1S/C14H16N2O3S/c1-14(2,3)13-15-11(19-16-13)8-20-10-6-4-5-9(7-10)12(17)18/h4-7H,8H2,1-3H3,(H,17,18). The molecule has 0 bridgehead atoms. The van der Waals surface area contributed by atoms with Crippen LogP contribution in [0, 0.1) is 0 Å². The van der Waals surface area contributed by atoms with Gasteiger partial charge in [0.1, 0.15) is 0 Å². The SMILES string of the molecule is CC(C)(C)c1noc(CSc2cccc(C(=O)O)c2)n1. The second kappa shape index (κ2) is 5.66. The minimum atomic E-state index is -0.930. The molecule has 0 saturated carbocycles. The van der Waals surface area contributed by atoms with E-state index in [0.29, 0.717) is 17.5 Å². The van der Waals surface area contributed by atoms with E-state index in [4.69, 9.17) is 9.63 Å². The molecule has 20 heavy (non-hydrogen) atoms. The molecular formula is C14H16N2O3S. The van der Waals surface area contributed by atoms with Crippen LogP contribution in [-0.2, 0) is 11.2 Å². The Labute approximate surface area is 121 Å². The van der Waals surface area contributed by atoms with Gasteiger partial charge in [0.15, 0.2) is 5.82 Å². The van der Waals surface area contributed by atoms with Crippen LogP contribution in [0.15, 0.2) is 33.7 Å². The molecule has 1 aromatic carbocycles. The van der Waals surface area contributed by atoms with Gasteiger partial charge in [-0.1, -0.05) is 32.0 Å². The van der Waals surface area contributed by atoms with Crippen LogP contribution in [0.2, 0.25) is 0 Å². The largest absolute Gasteiger partial charge is 0.478 e. The molecule has 0 unspecified atom stereocenters. The molecule has 0 spiro atoms. The topological polar surface area (TPSA) is 76.2 Å². The summed E-state index contributed by atoms with van der Waals surface area (Å²) >= 11 is 1.47. The lowest BCUT2D eigenvalue weighted by Crippen LogP contribution is -2.13. The van der Waals surface area contributed by atoms with E-state index < -0.39 is 5.97 Å². The molecule has 0 saturated heterocycles. The third-order valence-corrected chi connectivity index (χ3v) is 3.56. The zero-order valence-corrected chi connectivity index (χ0v) is 12.4. The summed E-state index contributed by atoms with van der Waals surface area (Å²) in [5.41, 5.74) is 0.131. The van der Waals surface area contributed by atoms with Gasteiger partial charge in [-0.05, 0) is 18.2 Å². The number of benzene rings is 1. The molecule has 2 rings (SSSR count). The zero-order valence-electron chi connectivity index (χ0n) is 11.6. The highest BCUT2D eigenvalue weighted by molar-refractivity contribution is 7.98. The van der Waals surface area contributed by atoms with E-state index in [0.717, 1.165) is 4.90 Å². The van der Waals surface area contributed by atoms with Gasteiger partial charge in [-0.2, -0.15) is 4.98 Å². The summed E-state index contributed by atoms with van der Waals surface area (Å²) in [7, 11) is 0. The summed E-state index contributed by atoms with van der Waals surface area (Å²) in [6, 6.07) is 6.78. The Morgan fingerprint density at radius 3 is 2.75 bits per heavy atom. The Balaban J connectivity index is 2.04. The number of nitrogens with zero attached hydrogens (tertiary/aromatic N) is 2. The summed E-state index contributed by atoms with van der Waals surface area (Å²) in [6.07, 6.45) is 0. The highest BCUT2D eigenvalue weighted by Crippen LogP contribution is 2.25. The summed E-state index contributed by atoms with van der Waals surface area (Å²) in [5.74, 6) is 0.805. The van der Waals surface area contributed by atoms with E-state index in [2.05, 4.69) is 10.1 Å². The van der Waals surface area contributed by atoms with Crippen molar-refractivity contribution < 1.29 is 14.4 Å². The predicted molar refractivity (Wildman–Crippen MR) is 76.0 cm³/mol. The lowest BCUT2D eigenvalue weighted by Gasteiger charge is -2.10. The van der Waals surface area contributed by atoms with Gasteiger partial charge in [0.2, 0.25) is 5.89 Å². The first-order valence-corrected chi connectivity index (χ1v) is 7.14. The first kappa shape index (κ1) is 14.6. The van der Waals surface area contributed by atoms with Crippen LogP contribution in [0.5, 0.6) is 0 Å². The lowest BCUT2D eigenvalue weighted by molar-refractivity contribution is 0.0696. The first-order valence-electron chi connectivity index (χ1n) is 6.15. The molecule has 1 N–H and O–H groups in total. The van der Waals surface area contributed by atoms with Gasteiger partial charge in [-0.25, -0.2) is 4.79 Å². The third-order valence-electron chi connectivity index (χ3n) is 2.58. The highest BCUT2D eigenvalue weighted by Gasteiger charge is 2.20. The number of carbonyl (C=O) groups is 1. The number of thioether (sulfide) groups is 1. The Bertz CT molecular complexity index is 617. The number of hydrogen-bond acceptors (Lipinski definition) is 5. The molecule has 0 radical (unpaired) electrons. The average Bonchev–Trinajstić information content (AvgIpc) is 2.85. The van der Waals surface area contributed by atoms with Crippen molar-refractivity contribution in [3.63, 3.8) is 0 Å². The Hall–Kier alpha value is -1.82.